The molecule has 3 aromatic rings. The normalized spacial score (nSPS) is 13.9. The molecular weight excluding hydrogens is 358 g/mol. The van der Waals surface area contributed by atoms with Crippen molar-refractivity contribution < 1.29 is 23.8 Å². The fourth-order valence-corrected chi connectivity index (χ4v) is 3.37. The summed E-state index contributed by atoms with van der Waals surface area (Å²) < 4.78 is 16.2. The lowest BCUT2D eigenvalue weighted by Crippen LogP contribution is -2.54. The Kier molecular flexibility index (Phi) is 5.04. The van der Waals surface area contributed by atoms with Gasteiger partial charge >= 0.3 is 5.97 Å². The Morgan fingerprint density at radius 2 is 1.96 bits per heavy atom. The predicted molar refractivity (Wildman–Crippen MR) is 104 cm³/mol. The average Bonchev–Trinajstić information content (AvgIpc) is 3.24. The molecular formula is C22H21NO5. The van der Waals surface area contributed by atoms with Crippen LogP contribution < -0.4 is 9.64 Å². The highest BCUT2D eigenvalue weighted by Gasteiger charge is 2.32. The first-order valence-corrected chi connectivity index (χ1v) is 9.05. The zero-order valence-corrected chi connectivity index (χ0v) is 15.5. The van der Waals surface area contributed by atoms with Crippen molar-refractivity contribution in [3.05, 3.63) is 72.2 Å². The second-order valence-electron chi connectivity index (χ2n) is 6.65. The first-order chi connectivity index (χ1) is 13.7. The summed E-state index contributed by atoms with van der Waals surface area (Å²) in [5.74, 6) is 0.399. The minimum atomic E-state index is -0.379. The van der Waals surface area contributed by atoms with Crippen molar-refractivity contribution in [3.63, 3.8) is 0 Å². The number of hydrogen-bond acceptors (Lipinski definition) is 6. The molecule has 0 aliphatic carbocycles. The average molecular weight is 379 g/mol. The van der Waals surface area contributed by atoms with Crippen molar-refractivity contribution in [2.75, 3.05) is 25.1 Å². The number of esters is 1. The quantitative estimate of drug-likeness (QED) is 0.661. The van der Waals surface area contributed by atoms with Crippen molar-refractivity contribution in [2.24, 2.45) is 0 Å². The number of carbonyl (C=O) groups excluding carboxylic acids is 1. The molecule has 2 aromatic carbocycles. The topological polar surface area (TPSA) is 72.1 Å². The van der Waals surface area contributed by atoms with Crippen molar-refractivity contribution in [2.45, 2.75) is 12.7 Å². The number of hydrogen-bond donors (Lipinski definition) is 1. The van der Waals surface area contributed by atoms with Crippen LogP contribution >= 0.6 is 0 Å². The molecule has 0 unspecified atom stereocenters. The van der Waals surface area contributed by atoms with Crippen LogP contribution in [0.4, 0.5) is 5.69 Å². The maximum absolute atomic E-state index is 12.3. The zero-order chi connectivity index (χ0) is 19.5. The first-order valence-electron chi connectivity index (χ1n) is 9.05. The van der Waals surface area contributed by atoms with Gasteiger partial charge in [-0.3, -0.25) is 0 Å². The van der Waals surface area contributed by atoms with Gasteiger partial charge in [-0.25, -0.2) is 4.79 Å². The minimum Gasteiger partial charge on any atom is -0.487 e. The highest BCUT2D eigenvalue weighted by Crippen LogP contribution is 2.37. The third-order valence-corrected chi connectivity index (χ3v) is 4.86. The van der Waals surface area contributed by atoms with Crippen LogP contribution in [0.25, 0.3) is 11.1 Å². The zero-order valence-electron chi connectivity index (χ0n) is 15.5. The molecule has 4 rings (SSSR count). The predicted octanol–water partition coefficient (Wildman–Crippen LogP) is 3.49. The summed E-state index contributed by atoms with van der Waals surface area (Å²) >= 11 is 0. The van der Waals surface area contributed by atoms with Crippen molar-refractivity contribution >= 4 is 11.7 Å². The lowest BCUT2D eigenvalue weighted by atomic mass is 9.97. The van der Waals surface area contributed by atoms with Crippen LogP contribution in [-0.2, 0) is 11.3 Å². The molecule has 0 spiro atoms. The largest absolute Gasteiger partial charge is 0.487 e. The Morgan fingerprint density at radius 1 is 1.18 bits per heavy atom. The van der Waals surface area contributed by atoms with E-state index < -0.39 is 0 Å². The highest BCUT2D eigenvalue weighted by molar-refractivity contribution is 6.01. The smallest absolute Gasteiger partial charge is 0.338 e. The molecule has 0 amide bonds. The standard InChI is InChI=1S/C22H21NO5/c1-26-22(25)19-3-2-4-20(21(19)16-9-10-27-14-16)23-11-18(12-23)28-17-7-5-15(13-24)6-8-17/h2-10,14,18,24H,11-13H2,1H3. The van der Waals surface area contributed by atoms with Crippen molar-refractivity contribution in [1.29, 1.82) is 0 Å². The Labute approximate surface area is 162 Å². The van der Waals surface area contributed by atoms with Gasteiger partial charge in [-0.15, -0.1) is 0 Å². The fraction of sp³-hybridized carbons (Fsp3) is 0.227. The Bertz CT molecular complexity index is 944. The summed E-state index contributed by atoms with van der Waals surface area (Å²) in [7, 11) is 1.38. The third-order valence-electron chi connectivity index (χ3n) is 4.86. The van der Waals surface area contributed by atoms with E-state index in [9.17, 15) is 4.79 Å². The summed E-state index contributed by atoms with van der Waals surface area (Å²) in [5.41, 5.74) is 3.94. The van der Waals surface area contributed by atoms with Gasteiger partial charge < -0.3 is 23.9 Å². The van der Waals surface area contributed by atoms with Crippen LogP contribution in [0.5, 0.6) is 5.75 Å². The molecule has 1 N–H and O–H groups in total. The van der Waals surface area contributed by atoms with Crippen LogP contribution in [0, 0.1) is 0 Å². The van der Waals surface area contributed by atoms with Gasteiger partial charge in [-0.05, 0) is 35.9 Å². The van der Waals surface area contributed by atoms with E-state index in [4.69, 9.17) is 19.0 Å². The molecule has 0 saturated carbocycles. The maximum atomic E-state index is 12.3. The number of methoxy groups -OCH3 is 1. The minimum absolute atomic E-state index is 0.0187. The highest BCUT2D eigenvalue weighted by atomic mass is 16.5. The third kappa shape index (κ3) is 3.46. The summed E-state index contributed by atoms with van der Waals surface area (Å²) in [6.07, 6.45) is 3.27. The molecule has 6 heteroatoms. The summed E-state index contributed by atoms with van der Waals surface area (Å²) in [6, 6.07) is 14.9. The van der Waals surface area contributed by atoms with Crippen molar-refractivity contribution in [1.82, 2.24) is 0 Å². The van der Waals surface area contributed by atoms with Gasteiger partial charge in [0.25, 0.3) is 0 Å². The number of benzene rings is 2. The molecule has 1 aliphatic rings. The monoisotopic (exact) mass is 379 g/mol. The van der Waals surface area contributed by atoms with E-state index in [0.29, 0.717) is 18.7 Å². The fourth-order valence-electron chi connectivity index (χ4n) is 3.37. The molecule has 6 nitrogen and oxygen atoms in total. The van der Waals surface area contributed by atoms with E-state index >= 15 is 0 Å². The molecule has 0 bridgehead atoms. The molecule has 0 atom stereocenters. The number of aliphatic hydroxyl groups is 1. The van der Waals surface area contributed by atoms with Gasteiger partial charge in [-0.2, -0.15) is 0 Å². The van der Waals surface area contributed by atoms with Crippen LogP contribution in [0.15, 0.2) is 65.5 Å². The Hall–Kier alpha value is -3.25. The van der Waals surface area contributed by atoms with Crippen LogP contribution in [0.1, 0.15) is 15.9 Å². The number of anilines is 1. The lowest BCUT2D eigenvalue weighted by Gasteiger charge is -2.41. The molecule has 144 valence electrons. The second kappa shape index (κ2) is 7.78. The molecule has 28 heavy (non-hydrogen) atoms. The van der Waals surface area contributed by atoms with Gasteiger partial charge in [0.05, 0.1) is 44.9 Å². The van der Waals surface area contributed by atoms with Gasteiger partial charge in [0.2, 0.25) is 0 Å². The number of carbonyl (C=O) groups is 1. The molecule has 2 heterocycles. The SMILES string of the molecule is COC(=O)c1cccc(N2CC(Oc3ccc(CO)cc3)C2)c1-c1ccoc1. The summed E-state index contributed by atoms with van der Waals surface area (Å²) in [4.78, 5) is 14.4. The Balaban J connectivity index is 1.53. The Morgan fingerprint density at radius 3 is 2.61 bits per heavy atom. The van der Waals surface area contributed by atoms with E-state index in [1.807, 2.05) is 42.5 Å². The number of ether oxygens (including phenoxy) is 2. The first kappa shape index (κ1) is 18.1. The number of nitrogens with zero attached hydrogens (tertiary/aromatic N) is 1. The second-order valence-corrected chi connectivity index (χ2v) is 6.65. The van der Waals surface area contributed by atoms with Crippen LogP contribution in [-0.4, -0.2) is 37.4 Å². The van der Waals surface area contributed by atoms with Crippen LogP contribution in [0.2, 0.25) is 0 Å². The maximum Gasteiger partial charge on any atom is 0.338 e. The molecule has 1 aromatic heterocycles. The van der Waals surface area contributed by atoms with Gasteiger partial charge in [-0.1, -0.05) is 18.2 Å². The van der Waals surface area contributed by atoms with E-state index in [1.54, 1.807) is 18.6 Å². The van der Waals surface area contributed by atoms with Gasteiger partial charge in [0.1, 0.15) is 11.9 Å². The van der Waals surface area contributed by atoms with Gasteiger partial charge in [0.15, 0.2) is 0 Å². The molecule has 1 aliphatic heterocycles. The van der Waals surface area contributed by atoms with Gasteiger partial charge in [0, 0.05) is 16.8 Å². The molecule has 1 saturated heterocycles. The van der Waals surface area contributed by atoms with Crippen LogP contribution in [0.3, 0.4) is 0 Å². The molecule has 1 fully saturated rings. The van der Waals surface area contributed by atoms with E-state index in [1.165, 1.54) is 7.11 Å². The number of aliphatic hydroxyl groups excluding tert-OH is 1. The summed E-state index contributed by atoms with van der Waals surface area (Å²) in [5, 5.41) is 9.13. The summed E-state index contributed by atoms with van der Waals surface area (Å²) in [6.45, 7) is 1.43. The van der Waals surface area contributed by atoms with E-state index in [-0.39, 0.29) is 18.7 Å². The van der Waals surface area contributed by atoms with E-state index in [2.05, 4.69) is 4.90 Å². The number of furan rings is 1. The lowest BCUT2D eigenvalue weighted by molar-refractivity contribution is 0.0601. The van der Waals surface area contributed by atoms with E-state index in [0.717, 1.165) is 28.1 Å². The molecule has 0 radical (unpaired) electrons. The van der Waals surface area contributed by atoms with Crippen molar-refractivity contribution in [3.8, 4) is 16.9 Å². The number of rotatable bonds is 6.